The minimum atomic E-state index is -0.935. The standard InChI is InChI=1S/C18H24N2O7S/c1-3-25-18(24)20-16(22)12-27-17(23)14(9-10-28-2)19-15(21)11-26-13-7-5-4-6-8-13/h4-8,14H,3,9-12H2,1-2H3,(H,19,21)(H,20,22,24)/t14-/m0/s1. The Bertz CT molecular complexity index is 655. The van der Waals surface area contributed by atoms with Gasteiger partial charge >= 0.3 is 12.1 Å². The van der Waals surface area contributed by atoms with E-state index in [1.54, 1.807) is 31.2 Å². The van der Waals surface area contributed by atoms with Gasteiger partial charge in [-0.25, -0.2) is 9.59 Å². The highest BCUT2D eigenvalue weighted by atomic mass is 32.2. The minimum Gasteiger partial charge on any atom is -0.484 e. The van der Waals surface area contributed by atoms with E-state index in [2.05, 4.69) is 10.1 Å². The molecule has 9 nitrogen and oxygen atoms in total. The SMILES string of the molecule is CCOC(=O)NC(=O)COC(=O)[C@H](CCSC)NC(=O)COc1ccccc1. The van der Waals surface area contributed by atoms with Crippen LogP contribution in [-0.2, 0) is 23.9 Å². The highest BCUT2D eigenvalue weighted by Gasteiger charge is 2.23. The first-order chi connectivity index (χ1) is 13.5. The van der Waals surface area contributed by atoms with Gasteiger partial charge in [0.25, 0.3) is 11.8 Å². The third kappa shape index (κ3) is 9.81. The van der Waals surface area contributed by atoms with Crippen molar-refractivity contribution in [1.29, 1.82) is 0 Å². The van der Waals surface area contributed by atoms with E-state index in [4.69, 9.17) is 9.47 Å². The Morgan fingerprint density at radius 1 is 1.04 bits per heavy atom. The van der Waals surface area contributed by atoms with Crippen LogP contribution in [0.3, 0.4) is 0 Å². The van der Waals surface area contributed by atoms with Crippen molar-refractivity contribution in [2.24, 2.45) is 0 Å². The first kappa shape index (κ1) is 23.3. The van der Waals surface area contributed by atoms with Gasteiger partial charge in [0.05, 0.1) is 6.61 Å². The van der Waals surface area contributed by atoms with Crippen LogP contribution in [0.2, 0.25) is 0 Å². The molecule has 0 radical (unpaired) electrons. The molecule has 154 valence electrons. The molecular weight excluding hydrogens is 388 g/mol. The average Bonchev–Trinajstić information content (AvgIpc) is 2.68. The van der Waals surface area contributed by atoms with Crippen LogP contribution in [-0.4, -0.2) is 61.7 Å². The van der Waals surface area contributed by atoms with Gasteiger partial charge in [0.2, 0.25) is 0 Å². The van der Waals surface area contributed by atoms with Gasteiger partial charge in [0.1, 0.15) is 11.8 Å². The highest BCUT2D eigenvalue weighted by Crippen LogP contribution is 2.08. The zero-order valence-corrected chi connectivity index (χ0v) is 16.6. The van der Waals surface area contributed by atoms with Crippen molar-refractivity contribution in [3.63, 3.8) is 0 Å². The van der Waals surface area contributed by atoms with Gasteiger partial charge in [-0.2, -0.15) is 11.8 Å². The quantitative estimate of drug-likeness (QED) is 0.519. The molecule has 1 aromatic rings. The first-order valence-corrected chi connectivity index (χ1v) is 9.95. The molecule has 0 saturated carbocycles. The van der Waals surface area contributed by atoms with Gasteiger partial charge in [-0.1, -0.05) is 18.2 Å². The smallest absolute Gasteiger partial charge is 0.413 e. The number of hydrogen-bond acceptors (Lipinski definition) is 8. The van der Waals surface area contributed by atoms with Crippen LogP contribution in [0.1, 0.15) is 13.3 Å². The third-order valence-corrected chi connectivity index (χ3v) is 3.85. The number of imide groups is 1. The van der Waals surface area contributed by atoms with Gasteiger partial charge in [-0.15, -0.1) is 0 Å². The van der Waals surface area contributed by atoms with E-state index in [1.807, 2.05) is 17.6 Å². The molecule has 3 amide bonds. The Morgan fingerprint density at radius 3 is 2.39 bits per heavy atom. The van der Waals surface area contributed by atoms with Gasteiger partial charge in [0.15, 0.2) is 13.2 Å². The molecule has 0 unspecified atom stereocenters. The second-order valence-electron chi connectivity index (χ2n) is 5.38. The Balaban J connectivity index is 2.48. The number of carbonyl (C=O) groups is 4. The molecule has 0 saturated heterocycles. The number of rotatable bonds is 11. The Hall–Kier alpha value is -2.75. The molecular formula is C18H24N2O7S. The summed E-state index contributed by atoms with van der Waals surface area (Å²) in [7, 11) is 0. The van der Waals surface area contributed by atoms with Crippen LogP contribution >= 0.6 is 11.8 Å². The predicted octanol–water partition coefficient (Wildman–Crippen LogP) is 1.12. The van der Waals surface area contributed by atoms with Crippen molar-refractivity contribution in [1.82, 2.24) is 10.6 Å². The Kier molecular flexibility index (Phi) is 11.2. The summed E-state index contributed by atoms with van der Waals surface area (Å²) in [6, 6.07) is 7.83. The van der Waals surface area contributed by atoms with Crippen molar-refractivity contribution >= 4 is 35.6 Å². The number of hydrogen-bond donors (Lipinski definition) is 2. The fraction of sp³-hybridized carbons (Fsp3) is 0.444. The van der Waals surface area contributed by atoms with Gasteiger partial charge in [-0.3, -0.25) is 14.9 Å². The molecule has 10 heteroatoms. The highest BCUT2D eigenvalue weighted by molar-refractivity contribution is 7.98. The molecule has 1 rings (SSSR count). The normalized spacial score (nSPS) is 11.1. The molecule has 1 aromatic carbocycles. The number of ether oxygens (including phenoxy) is 3. The lowest BCUT2D eigenvalue weighted by molar-refractivity contribution is -0.151. The number of amides is 3. The van der Waals surface area contributed by atoms with E-state index >= 15 is 0 Å². The van der Waals surface area contributed by atoms with E-state index in [0.717, 1.165) is 0 Å². The summed E-state index contributed by atoms with van der Waals surface area (Å²) in [5.41, 5.74) is 0. The lowest BCUT2D eigenvalue weighted by atomic mass is 10.2. The van der Waals surface area contributed by atoms with Crippen molar-refractivity contribution in [3.8, 4) is 5.75 Å². The number of para-hydroxylation sites is 1. The topological polar surface area (TPSA) is 120 Å². The molecule has 0 bridgehead atoms. The number of nitrogens with one attached hydrogen (secondary N) is 2. The number of carbonyl (C=O) groups excluding carboxylic acids is 4. The fourth-order valence-corrected chi connectivity index (χ4v) is 2.41. The van der Waals surface area contributed by atoms with Crippen molar-refractivity contribution in [3.05, 3.63) is 30.3 Å². The van der Waals surface area contributed by atoms with Crippen molar-refractivity contribution in [2.75, 3.05) is 31.8 Å². The summed E-state index contributed by atoms with van der Waals surface area (Å²) in [6.07, 6.45) is 1.25. The molecule has 0 aromatic heterocycles. The predicted molar refractivity (Wildman–Crippen MR) is 103 cm³/mol. The monoisotopic (exact) mass is 412 g/mol. The van der Waals surface area contributed by atoms with Crippen LogP contribution in [0.25, 0.3) is 0 Å². The molecule has 0 fully saturated rings. The van der Waals surface area contributed by atoms with Crippen LogP contribution in [0.5, 0.6) is 5.75 Å². The number of thioether (sulfide) groups is 1. The molecule has 0 heterocycles. The number of esters is 1. The maximum Gasteiger partial charge on any atom is 0.413 e. The van der Waals surface area contributed by atoms with E-state index in [0.29, 0.717) is 17.9 Å². The van der Waals surface area contributed by atoms with Gasteiger partial charge in [-0.05, 0) is 37.5 Å². The van der Waals surface area contributed by atoms with Crippen molar-refractivity contribution < 1.29 is 33.4 Å². The lowest BCUT2D eigenvalue weighted by Gasteiger charge is -2.17. The average molecular weight is 412 g/mol. The molecule has 1 atom stereocenters. The lowest BCUT2D eigenvalue weighted by Crippen LogP contribution is -2.45. The molecule has 0 aliphatic heterocycles. The number of benzene rings is 1. The molecule has 0 spiro atoms. The van der Waals surface area contributed by atoms with E-state index in [-0.39, 0.29) is 13.2 Å². The van der Waals surface area contributed by atoms with Crippen molar-refractivity contribution in [2.45, 2.75) is 19.4 Å². The Morgan fingerprint density at radius 2 is 1.75 bits per heavy atom. The molecule has 0 aliphatic rings. The molecule has 0 aliphatic carbocycles. The summed E-state index contributed by atoms with van der Waals surface area (Å²) in [6.45, 7) is 0.761. The molecule has 28 heavy (non-hydrogen) atoms. The fourth-order valence-electron chi connectivity index (χ4n) is 1.94. The second kappa shape index (κ2) is 13.4. The third-order valence-electron chi connectivity index (χ3n) is 3.21. The van der Waals surface area contributed by atoms with E-state index < -0.39 is 36.5 Å². The summed E-state index contributed by atoms with van der Waals surface area (Å²) in [4.78, 5) is 46.9. The maximum absolute atomic E-state index is 12.2. The summed E-state index contributed by atoms with van der Waals surface area (Å²) in [5.74, 6) is -0.982. The number of alkyl carbamates (subject to hydrolysis) is 1. The maximum atomic E-state index is 12.2. The first-order valence-electron chi connectivity index (χ1n) is 8.55. The van der Waals surface area contributed by atoms with Crippen LogP contribution in [0, 0.1) is 0 Å². The zero-order chi connectivity index (χ0) is 20.8. The largest absolute Gasteiger partial charge is 0.484 e. The zero-order valence-electron chi connectivity index (χ0n) is 15.8. The van der Waals surface area contributed by atoms with Gasteiger partial charge in [0, 0.05) is 0 Å². The Labute approximate surface area is 167 Å². The van der Waals surface area contributed by atoms with E-state index in [9.17, 15) is 19.2 Å². The summed E-state index contributed by atoms with van der Waals surface area (Å²) in [5, 5.41) is 4.44. The summed E-state index contributed by atoms with van der Waals surface area (Å²) >= 11 is 1.49. The van der Waals surface area contributed by atoms with Crippen LogP contribution in [0.15, 0.2) is 30.3 Å². The van der Waals surface area contributed by atoms with E-state index in [1.165, 1.54) is 11.8 Å². The van der Waals surface area contributed by atoms with Crippen LogP contribution < -0.4 is 15.4 Å². The summed E-state index contributed by atoms with van der Waals surface area (Å²) < 4.78 is 14.8. The van der Waals surface area contributed by atoms with Crippen LogP contribution in [0.4, 0.5) is 4.79 Å². The van der Waals surface area contributed by atoms with Gasteiger partial charge < -0.3 is 19.5 Å². The minimum absolute atomic E-state index is 0.104. The second-order valence-corrected chi connectivity index (χ2v) is 6.37. The molecule has 2 N–H and O–H groups in total.